The van der Waals surface area contributed by atoms with Crippen molar-refractivity contribution in [1.29, 1.82) is 0 Å². The molecule has 0 spiro atoms. The molecule has 6 heteroatoms. The molecule has 0 aromatic rings. The van der Waals surface area contributed by atoms with Crippen molar-refractivity contribution in [2.45, 2.75) is 47.0 Å². The van der Waals surface area contributed by atoms with E-state index in [-0.39, 0.29) is 0 Å². The molecule has 2 aliphatic rings. The van der Waals surface area contributed by atoms with Crippen LogP contribution in [0.4, 0.5) is 0 Å². The third-order valence-corrected chi connectivity index (χ3v) is 4.36. The van der Waals surface area contributed by atoms with Crippen LogP contribution in [0.2, 0.25) is 0 Å². The molecule has 0 amide bonds. The van der Waals surface area contributed by atoms with Gasteiger partial charge in [-0.2, -0.15) is 0 Å². The van der Waals surface area contributed by atoms with Crippen LogP contribution in [-0.2, 0) is 23.9 Å². The van der Waals surface area contributed by atoms with E-state index >= 15 is 0 Å². The predicted molar refractivity (Wildman–Crippen MR) is 79.9 cm³/mol. The minimum absolute atomic E-state index is 0.417. The summed E-state index contributed by atoms with van der Waals surface area (Å²) in [5.74, 6) is -0.642. The minimum Gasteiger partial charge on any atom is -0.468 e. The van der Waals surface area contributed by atoms with Crippen molar-refractivity contribution in [3.05, 3.63) is 11.3 Å². The van der Waals surface area contributed by atoms with Gasteiger partial charge in [0.05, 0.1) is 12.8 Å². The number of nitrogens with zero attached hydrogens (tertiary/aromatic N) is 1. The molecule has 22 heavy (non-hydrogen) atoms. The minimum atomic E-state index is -1.44. The maximum absolute atomic E-state index is 12.6. The highest BCUT2D eigenvalue weighted by Gasteiger charge is 2.71. The Balaban J connectivity index is 2.69. The molecule has 0 aromatic heterocycles. The fourth-order valence-electron chi connectivity index (χ4n) is 3.42. The maximum atomic E-state index is 12.6. The van der Waals surface area contributed by atoms with Gasteiger partial charge in [-0.05, 0) is 13.3 Å². The Kier molecular flexibility index (Phi) is 4.31. The number of oxime groups is 1. The Morgan fingerprint density at radius 3 is 2.59 bits per heavy atom. The molecule has 1 unspecified atom stereocenters. The molecular formula is C16H23NO5. The smallest absolute Gasteiger partial charge is 0.333 e. The fourth-order valence-corrected chi connectivity index (χ4v) is 3.42. The number of ether oxygens (including phenoxy) is 2. The number of rotatable bonds is 5. The lowest BCUT2D eigenvalue weighted by atomic mass is 9.66. The summed E-state index contributed by atoms with van der Waals surface area (Å²) in [6, 6.07) is 0. The van der Waals surface area contributed by atoms with E-state index in [4.69, 9.17) is 14.3 Å². The van der Waals surface area contributed by atoms with E-state index in [0.717, 1.165) is 6.42 Å². The summed E-state index contributed by atoms with van der Waals surface area (Å²) < 4.78 is 10.4. The molecule has 6 nitrogen and oxygen atoms in total. The van der Waals surface area contributed by atoms with Crippen molar-refractivity contribution in [3.63, 3.8) is 0 Å². The Bertz CT molecular complexity index is 561. The van der Waals surface area contributed by atoms with Crippen LogP contribution in [0.1, 0.15) is 47.0 Å². The van der Waals surface area contributed by atoms with Crippen molar-refractivity contribution in [2.24, 2.45) is 16.0 Å². The number of carbonyl (C=O) groups is 2. The molecule has 1 saturated carbocycles. The first-order chi connectivity index (χ1) is 10.4. The van der Waals surface area contributed by atoms with Crippen LogP contribution in [-0.4, -0.2) is 31.4 Å². The van der Waals surface area contributed by atoms with Crippen LogP contribution >= 0.6 is 0 Å². The van der Waals surface area contributed by atoms with Gasteiger partial charge in [-0.15, -0.1) is 0 Å². The zero-order valence-electron chi connectivity index (χ0n) is 13.8. The second-order valence-electron chi connectivity index (χ2n) is 6.20. The molecule has 0 aromatic carbocycles. The molecule has 0 bridgehead atoms. The highest BCUT2D eigenvalue weighted by molar-refractivity contribution is 6.21. The van der Waals surface area contributed by atoms with Crippen molar-refractivity contribution >= 4 is 17.7 Å². The van der Waals surface area contributed by atoms with Crippen molar-refractivity contribution in [3.8, 4) is 0 Å². The highest BCUT2D eigenvalue weighted by Crippen LogP contribution is 2.60. The molecule has 1 heterocycles. The van der Waals surface area contributed by atoms with Crippen molar-refractivity contribution in [2.75, 3.05) is 13.7 Å². The monoisotopic (exact) mass is 309 g/mol. The summed E-state index contributed by atoms with van der Waals surface area (Å²) in [4.78, 5) is 30.4. The number of fused-ring (bicyclic) bond motifs is 1. The fraction of sp³-hybridized carbons (Fsp3) is 0.688. The van der Waals surface area contributed by atoms with Crippen molar-refractivity contribution in [1.82, 2.24) is 0 Å². The lowest BCUT2D eigenvalue weighted by molar-refractivity contribution is -0.168. The molecule has 1 aliphatic carbocycles. The summed E-state index contributed by atoms with van der Waals surface area (Å²) in [5.41, 5.74) is -0.976. The molecule has 0 N–H and O–H groups in total. The van der Waals surface area contributed by atoms with Gasteiger partial charge in [-0.1, -0.05) is 25.9 Å². The lowest BCUT2D eigenvalue weighted by Crippen LogP contribution is -2.47. The quantitative estimate of drug-likeness (QED) is 0.443. The zero-order valence-corrected chi connectivity index (χ0v) is 13.8. The van der Waals surface area contributed by atoms with E-state index < -0.39 is 22.8 Å². The summed E-state index contributed by atoms with van der Waals surface area (Å²) in [6.07, 6.45) is 1.83. The lowest BCUT2D eigenvalue weighted by Gasteiger charge is -2.32. The standard InChI is InChI=1S/C16H23NO5/c1-6-8-11-12-10(17-21-7-2)9-15(3,4)16(12,13(18)20-5)14(19)22-11/h6-9H2,1-5H3/b17-10+. The van der Waals surface area contributed by atoms with Gasteiger partial charge >= 0.3 is 11.9 Å². The van der Waals surface area contributed by atoms with E-state index in [1.807, 2.05) is 27.7 Å². The highest BCUT2D eigenvalue weighted by atomic mass is 16.6. The number of allylic oxidation sites excluding steroid dienone is 1. The average molecular weight is 309 g/mol. The van der Waals surface area contributed by atoms with Crippen LogP contribution in [0, 0.1) is 10.8 Å². The summed E-state index contributed by atoms with van der Waals surface area (Å²) in [5, 5.41) is 4.13. The third-order valence-electron chi connectivity index (χ3n) is 4.36. The number of carbonyl (C=O) groups excluding carboxylic acids is 2. The van der Waals surface area contributed by atoms with Crippen LogP contribution in [0.3, 0.4) is 0 Å². The predicted octanol–water partition coefficient (Wildman–Crippen LogP) is 2.58. The SMILES string of the molecule is CCCC1=C2/C(=N/OCC)CC(C)(C)C2(C(=O)OC)C(=O)O1. The van der Waals surface area contributed by atoms with Gasteiger partial charge in [0, 0.05) is 23.8 Å². The summed E-state index contributed by atoms with van der Waals surface area (Å²) in [7, 11) is 1.29. The molecule has 122 valence electrons. The number of methoxy groups -OCH3 is 1. The zero-order chi connectivity index (χ0) is 16.5. The van der Waals surface area contributed by atoms with Crippen LogP contribution < -0.4 is 0 Å². The third kappa shape index (κ3) is 2.04. The molecule has 1 aliphatic heterocycles. The summed E-state index contributed by atoms with van der Waals surface area (Å²) in [6.45, 7) is 7.94. The van der Waals surface area contributed by atoms with Gasteiger partial charge in [-0.3, -0.25) is 9.59 Å². The van der Waals surface area contributed by atoms with Gasteiger partial charge in [0.15, 0.2) is 0 Å². The van der Waals surface area contributed by atoms with Crippen LogP contribution in [0.5, 0.6) is 0 Å². The van der Waals surface area contributed by atoms with Gasteiger partial charge in [0.1, 0.15) is 12.4 Å². The van der Waals surface area contributed by atoms with E-state index in [2.05, 4.69) is 5.16 Å². The topological polar surface area (TPSA) is 74.2 Å². The van der Waals surface area contributed by atoms with Crippen LogP contribution in [0.15, 0.2) is 16.5 Å². The van der Waals surface area contributed by atoms with Gasteiger partial charge in [-0.25, -0.2) is 0 Å². The number of esters is 2. The van der Waals surface area contributed by atoms with Gasteiger partial charge in [0.2, 0.25) is 5.41 Å². The number of cyclic esters (lactones) is 1. The van der Waals surface area contributed by atoms with E-state index in [1.54, 1.807) is 0 Å². The first-order valence-electron chi connectivity index (χ1n) is 7.60. The first-order valence-corrected chi connectivity index (χ1v) is 7.60. The first kappa shape index (κ1) is 16.5. The van der Waals surface area contributed by atoms with Crippen LogP contribution in [0.25, 0.3) is 0 Å². The normalized spacial score (nSPS) is 27.9. The molecule has 1 fully saturated rings. The summed E-state index contributed by atoms with van der Waals surface area (Å²) >= 11 is 0. The van der Waals surface area contributed by atoms with Gasteiger partial charge < -0.3 is 14.3 Å². The molecule has 2 rings (SSSR count). The largest absolute Gasteiger partial charge is 0.468 e. The van der Waals surface area contributed by atoms with E-state index in [1.165, 1.54) is 7.11 Å². The Hall–Kier alpha value is -1.85. The van der Waals surface area contributed by atoms with Crippen molar-refractivity contribution < 1.29 is 23.9 Å². The Labute approximate surface area is 130 Å². The average Bonchev–Trinajstić information content (AvgIpc) is 2.89. The number of hydrogen-bond acceptors (Lipinski definition) is 6. The molecule has 1 atom stereocenters. The Morgan fingerprint density at radius 2 is 2.05 bits per heavy atom. The van der Waals surface area contributed by atoms with Gasteiger partial charge in [0.25, 0.3) is 0 Å². The Morgan fingerprint density at radius 1 is 1.36 bits per heavy atom. The second-order valence-corrected chi connectivity index (χ2v) is 6.20. The van der Waals surface area contributed by atoms with E-state index in [0.29, 0.717) is 36.5 Å². The maximum Gasteiger partial charge on any atom is 0.333 e. The molecule has 0 saturated heterocycles. The second kappa shape index (κ2) is 5.74. The molecular weight excluding hydrogens is 286 g/mol. The molecule has 0 radical (unpaired) electrons. The van der Waals surface area contributed by atoms with E-state index in [9.17, 15) is 9.59 Å². The number of hydrogen-bond donors (Lipinski definition) is 0.